The van der Waals surface area contributed by atoms with E-state index < -0.39 is 136 Å². The Morgan fingerprint density at radius 3 is 1.25 bits per heavy atom. The number of carbonyl (C=O) groups is 8. The Balaban J connectivity index is 0.944. The van der Waals surface area contributed by atoms with E-state index in [4.69, 9.17) is 28.1 Å². The SMILES string of the molecule is CC(C)C[C@H](NC(=O)[C@@H](NC(=O)c1cccc(-c2ccccc2)n1)[C@@H](C)O)B1OC(=O)[C@H](CC(=O)OCCOC(=O)C[C@@H]2OB([C@H](CC(C)C)NC(=O)[C@@H](NC(=O)c3cccc(-c4ccccc4)n3)[C@@H](C)O)OC2=O)O1. The molecule has 24 heteroatoms. The predicted octanol–water partition coefficient (Wildman–Crippen LogP) is 2.34. The number of ether oxygens (including phenoxy) is 2. The van der Waals surface area contributed by atoms with Crippen LogP contribution >= 0.6 is 0 Å². The first-order valence-corrected chi connectivity index (χ1v) is 24.9. The Morgan fingerprint density at radius 2 is 0.908 bits per heavy atom. The van der Waals surface area contributed by atoms with E-state index in [-0.39, 0.29) is 36.1 Å². The number of hydrogen-bond acceptors (Lipinski definition) is 18. The van der Waals surface area contributed by atoms with Gasteiger partial charge in [-0.2, -0.15) is 0 Å². The number of rotatable bonds is 25. The Kier molecular flexibility index (Phi) is 20.8. The molecule has 2 saturated heterocycles. The number of hydrogen-bond donors (Lipinski definition) is 6. The van der Waals surface area contributed by atoms with E-state index in [1.54, 1.807) is 24.3 Å². The summed E-state index contributed by atoms with van der Waals surface area (Å²) in [6.45, 7) is 9.13. The summed E-state index contributed by atoms with van der Waals surface area (Å²) >= 11 is 0. The Bertz CT molecular complexity index is 2500. The molecule has 6 rings (SSSR count). The largest absolute Gasteiger partial charge is 0.552 e. The van der Waals surface area contributed by atoms with Crippen LogP contribution in [0.4, 0.5) is 0 Å². The lowest BCUT2D eigenvalue weighted by Crippen LogP contribution is -2.57. The third kappa shape index (κ3) is 16.5. The maximum Gasteiger partial charge on any atom is 0.552 e. The van der Waals surface area contributed by atoms with E-state index >= 15 is 0 Å². The van der Waals surface area contributed by atoms with Crippen LogP contribution in [-0.4, -0.2) is 144 Å². The molecule has 6 N–H and O–H groups in total. The number of benzene rings is 2. The summed E-state index contributed by atoms with van der Waals surface area (Å²) < 4.78 is 32.7. The lowest BCUT2D eigenvalue weighted by Gasteiger charge is -2.26. The summed E-state index contributed by atoms with van der Waals surface area (Å²) in [5.74, 6) is -8.78. The highest BCUT2D eigenvalue weighted by atomic mass is 16.7. The van der Waals surface area contributed by atoms with E-state index in [1.165, 1.54) is 26.0 Å². The minimum absolute atomic E-state index is 0.00530. The molecule has 402 valence electrons. The van der Waals surface area contributed by atoms with Gasteiger partial charge in [-0.15, -0.1) is 0 Å². The zero-order chi connectivity index (χ0) is 55.1. The molecule has 0 spiro atoms. The second-order valence-electron chi connectivity index (χ2n) is 19.1. The topological polar surface area (TPSA) is 306 Å². The van der Waals surface area contributed by atoms with Gasteiger partial charge in [0.2, 0.25) is 11.8 Å². The van der Waals surface area contributed by atoms with Crippen molar-refractivity contribution in [2.24, 2.45) is 11.8 Å². The molecule has 2 fully saturated rings. The van der Waals surface area contributed by atoms with Crippen LogP contribution in [0.1, 0.15) is 88.2 Å². The fourth-order valence-corrected chi connectivity index (χ4v) is 8.16. The Labute approximate surface area is 440 Å². The van der Waals surface area contributed by atoms with Crippen LogP contribution in [-0.2, 0) is 56.9 Å². The van der Waals surface area contributed by atoms with Crippen molar-refractivity contribution in [1.82, 2.24) is 31.2 Å². The molecule has 76 heavy (non-hydrogen) atoms. The van der Waals surface area contributed by atoms with Crippen LogP contribution in [0, 0.1) is 11.8 Å². The summed E-state index contributed by atoms with van der Waals surface area (Å²) in [6.07, 6.45) is -6.34. The summed E-state index contributed by atoms with van der Waals surface area (Å²) in [6, 6.07) is 25.1. The number of aliphatic hydroxyl groups excluding tert-OH is 2. The van der Waals surface area contributed by atoms with Crippen LogP contribution in [0.5, 0.6) is 0 Å². The molecule has 2 aromatic heterocycles. The van der Waals surface area contributed by atoms with Gasteiger partial charge in [-0.25, -0.2) is 9.97 Å². The number of carbonyl (C=O) groups excluding carboxylic acids is 8. The maximum absolute atomic E-state index is 13.6. The Morgan fingerprint density at radius 1 is 0.539 bits per heavy atom. The summed E-state index contributed by atoms with van der Waals surface area (Å²) in [7, 11) is -2.70. The van der Waals surface area contributed by atoms with Gasteiger partial charge in [0.1, 0.15) is 36.7 Å². The third-order valence-corrected chi connectivity index (χ3v) is 11.9. The van der Waals surface area contributed by atoms with Crippen molar-refractivity contribution in [1.29, 1.82) is 0 Å². The standard InChI is InChI=1S/C52H62B2N6O16/c1-29(2)25-41(57-49(67)45(31(5)61)59-47(65)37-21-13-19-35(55-37)33-15-9-7-10-16-33)53-73-39(51(69)75-53)27-43(63)71-23-24-72-44(64)28-40-52(70)76-54(74-40)42(26-30(3)4)58-50(68)46(32(6)62)60-48(66)38-22-14-20-36(56-38)34-17-11-8-12-18-34/h7-22,29-32,39-42,45-46,61-62H,23-28H2,1-6H3,(H,57,67)(H,58,68)(H,59,65)(H,60,66)/t31-,32-,39+,40+,41+,42+,45+,46+/m1/s1. The number of nitrogens with one attached hydrogen (secondary N) is 4. The quantitative estimate of drug-likeness (QED) is 0.0315. The van der Waals surface area contributed by atoms with Gasteiger partial charge in [-0.05, 0) is 62.8 Å². The Hall–Kier alpha value is -7.53. The van der Waals surface area contributed by atoms with E-state index in [0.717, 1.165) is 11.1 Å². The minimum Gasteiger partial charge on any atom is -0.506 e. The molecule has 2 aromatic carbocycles. The van der Waals surface area contributed by atoms with E-state index in [1.807, 2.05) is 88.4 Å². The van der Waals surface area contributed by atoms with Gasteiger partial charge in [0.05, 0.1) is 48.3 Å². The highest BCUT2D eigenvalue weighted by Crippen LogP contribution is 2.23. The predicted molar refractivity (Wildman–Crippen MR) is 273 cm³/mol. The number of esters is 2. The van der Waals surface area contributed by atoms with Crippen LogP contribution < -0.4 is 21.3 Å². The number of aromatic nitrogens is 2. The third-order valence-electron chi connectivity index (χ3n) is 11.9. The number of amides is 4. The zero-order valence-electron chi connectivity index (χ0n) is 42.9. The van der Waals surface area contributed by atoms with Crippen molar-refractivity contribution in [2.45, 2.75) is 116 Å². The number of pyridine rings is 2. The van der Waals surface area contributed by atoms with E-state index in [2.05, 4.69) is 31.2 Å². The van der Waals surface area contributed by atoms with Crippen LogP contribution in [0.2, 0.25) is 0 Å². The molecule has 0 radical (unpaired) electrons. The minimum atomic E-state index is -1.45. The molecule has 0 unspecified atom stereocenters. The van der Waals surface area contributed by atoms with Crippen molar-refractivity contribution in [3.8, 4) is 22.5 Å². The molecule has 4 amide bonds. The van der Waals surface area contributed by atoms with Gasteiger partial charge >= 0.3 is 38.1 Å². The summed E-state index contributed by atoms with van der Waals surface area (Å²) in [5.41, 5.74) is 2.59. The fraction of sp³-hybridized carbons (Fsp3) is 0.423. The average molecular weight is 1050 g/mol. The van der Waals surface area contributed by atoms with Gasteiger partial charge in [0.15, 0.2) is 12.2 Å². The van der Waals surface area contributed by atoms with Crippen molar-refractivity contribution in [3.63, 3.8) is 0 Å². The van der Waals surface area contributed by atoms with E-state index in [0.29, 0.717) is 11.4 Å². The lowest BCUT2D eigenvalue weighted by atomic mass is 9.74. The highest BCUT2D eigenvalue weighted by molar-refractivity contribution is 6.52. The first-order chi connectivity index (χ1) is 36.3. The second kappa shape index (κ2) is 27.3. The molecule has 4 heterocycles. The first kappa shape index (κ1) is 57.7. The monoisotopic (exact) mass is 1050 g/mol. The molecule has 0 bridgehead atoms. The first-order valence-electron chi connectivity index (χ1n) is 24.9. The highest BCUT2D eigenvalue weighted by Gasteiger charge is 2.49. The molecule has 2 aliphatic heterocycles. The van der Waals surface area contributed by atoms with Gasteiger partial charge in [0.25, 0.3) is 11.8 Å². The second-order valence-corrected chi connectivity index (χ2v) is 19.1. The average Bonchev–Trinajstić information content (AvgIpc) is 3.95. The van der Waals surface area contributed by atoms with E-state index in [9.17, 15) is 48.6 Å². The molecule has 0 aliphatic carbocycles. The van der Waals surface area contributed by atoms with Crippen molar-refractivity contribution < 1.29 is 76.7 Å². The van der Waals surface area contributed by atoms with Gasteiger partial charge in [-0.1, -0.05) is 100 Å². The van der Waals surface area contributed by atoms with Gasteiger partial charge < -0.3 is 59.6 Å². The van der Waals surface area contributed by atoms with Gasteiger partial charge in [0, 0.05) is 11.1 Å². The van der Waals surface area contributed by atoms with Crippen molar-refractivity contribution in [2.75, 3.05) is 13.2 Å². The van der Waals surface area contributed by atoms with Crippen molar-refractivity contribution in [3.05, 3.63) is 108 Å². The number of nitrogens with zero attached hydrogens (tertiary/aromatic N) is 2. The van der Waals surface area contributed by atoms with Gasteiger partial charge in [-0.3, -0.25) is 38.4 Å². The molecule has 8 atom stereocenters. The molecule has 2 aliphatic rings. The number of aliphatic hydroxyl groups is 2. The van der Waals surface area contributed by atoms with Crippen molar-refractivity contribution >= 4 is 61.7 Å². The van der Waals surface area contributed by atoms with Crippen LogP contribution in [0.3, 0.4) is 0 Å². The summed E-state index contributed by atoms with van der Waals surface area (Å²) in [4.78, 5) is 114. The molecular formula is C52H62B2N6O16. The molecule has 0 saturated carbocycles. The summed E-state index contributed by atoms with van der Waals surface area (Å²) in [5, 5.41) is 31.6. The molecular weight excluding hydrogens is 986 g/mol. The molecule has 4 aromatic rings. The lowest BCUT2D eigenvalue weighted by molar-refractivity contribution is -0.156. The fourth-order valence-electron chi connectivity index (χ4n) is 8.16. The van der Waals surface area contributed by atoms with Crippen LogP contribution in [0.15, 0.2) is 97.1 Å². The smallest absolute Gasteiger partial charge is 0.506 e. The molecule has 22 nitrogen and oxygen atoms in total. The normalized spacial score (nSPS) is 17.6. The van der Waals surface area contributed by atoms with Crippen LogP contribution in [0.25, 0.3) is 22.5 Å². The zero-order valence-corrected chi connectivity index (χ0v) is 42.9. The maximum atomic E-state index is 13.6.